The van der Waals surface area contributed by atoms with Crippen LogP contribution in [0.1, 0.15) is 32.6 Å². The van der Waals surface area contributed by atoms with Crippen LogP contribution >= 0.6 is 0 Å². The number of carbonyl (C=O) groups excluding carboxylic acids is 1. The van der Waals surface area contributed by atoms with Crippen molar-refractivity contribution >= 4 is 5.91 Å². The molecule has 1 rings (SSSR count). The van der Waals surface area contributed by atoms with E-state index in [0.717, 1.165) is 25.6 Å². The fourth-order valence-corrected chi connectivity index (χ4v) is 1.30. The number of nitrogens with one attached hydrogen (secondary N) is 1. The van der Waals surface area contributed by atoms with E-state index in [1.54, 1.807) is 0 Å². The maximum atomic E-state index is 11.2. The summed E-state index contributed by atoms with van der Waals surface area (Å²) in [7, 11) is 0. The third-order valence-corrected chi connectivity index (χ3v) is 2.35. The van der Waals surface area contributed by atoms with Crippen LogP contribution in [-0.4, -0.2) is 31.7 Å². The van der Waals surface area contributed by atoms with E-state index in [-0.39, 0.29) is 11.9 Å². The zero-order chi connectivity index (χ0) is 11.1. The second-order valence-corrected chi connectivity index (χ2v) is 4.40. The second-order valence-electron chi connectivity index (χ2n) is 4.40. The first-order valence-electron chi connectivity index (χ1n) is 5.78. The van der Waals surface area contributed by atoms with Gasteiger partial charge in [-0.15, -0.1) is 0 Å². The second kappa shape index (κ2) is 6.80. The largest absolute Gasteiger partial charge is 0.381 e. The average Bonchev–Trinajstić information content (AvgIpc) is 2.93. The third kappa shape index (κ3) is 7.33. The van der Waals surface area contributed by atoms with E-state index in [2.05, 4.69) is 5.32 Å². The number of rotatable bonds is 8. The Morgan fingerprint density at radius 2 is 2.33 bits per heavy atom. The van der Waals surface area contributed by atoms with E-state index in [1.807, 2.05) is 6.92 Å². The molecule has 4 heteroatoms. The summed E-state index contributed by atoms with van der Waals surface area (Å²) in [6.45, 7) is 4.16. The lowest BCUT2D eigenvalue weighted by atomic mass is 10.2. The van der Waals surface area contributed by atoms with Crippen molar-refractivity contribution in [2.45, 2.75) is 38.6 Å². The van der Waals surface area contributed by atoms with Gasteiger partial charge in [-0.25, -0.2) is 0 Å². The highest BCUT2D eigenvalue weighted by atomic mass is 16.5. The van der Waals surface area contributed by atoms with Crippen molar-refractivity contribution in [2.24, 2.45) is 11.7 Å². The summed E-state index contributed by atoms with van der Waals surface area (Å²) in [6.07, 6.45) is 3.94. The lowest BCUT2D eigenvalue weighted by molar-refractivity contribution is -0.121. The van der Waals surface area contributed by atoms with Gasteiger partial charge >= 0.3 is 0 Å². The number of hydrogen-bond donors (Lipinski definition) is 2. The van der Waals surface area contributed by atoms with Crippen LogP contribution in [0.3, 0.4) is 0 Å². The summed E-state index contributed by atoms with van der Waals surface area (Å²) in [6, 6.07) is -0.0592. The molecule has 0 aliphatic heterocycles. The van der Waals surface area contributed by atoms with Gasteiger partial charge in [0, 0.05) is 32.2 Å². The van der Waals surface area contributed by atoms with Gasteiger partial charge in [-0.05, 0) is 32.1 Å². The third-order valence-electron chi connectivity index (χ3n) is 2.35. The molecule has 3 N–H and O–H groups in total. The molecule has 1 atom stereocenters. The molecule has 4 nitrogen and oxygen atoms in total. The Bertz CT molecular complexity index is 191. The lowest BCUT2D eigenvalue weighted by Crippen LogP contribution is -2.30. The van der Waals surface area contributed by atoms with Gasteiger partial charge in [0.2, 0.25) is 5.91 Å². The smallest absolute Gasteiger partial charge is 0.221 e. The van der Waals surface area contributed by atoms with Crippen molar-refractivity contribution in [1.29, 1.82) is 0 Å². The molecule has 0 radical (unpaired) electrons. The maximum Gasteiger partial charge on any atom is 0.221 e. The van der Waals surface area contributed by atoms with Crippen LogP contribution in [0.15, 0.2) is 0 Å². The normalized spacial score (nSPS) is 17.5. The molecule has 0 heterocycles. The van der Waals surface area contributed by atoms with Gasteiger partial charge in [-0.2, -0.15) is 0 Å². The number of hydrogen-bond acceptors (Lipinski definition) is 3. The number of amides is 1. The van der Waals surface area contributed by atoms with Crippen LogP contribution in [0.25, 0.3) is 0 Å². The van der Waals surface area contributed by atoms with E-state index in [0.29, 0.717) is 13.0 Å². The Labute approximate surface area is 91.5 Å². The van der Waals surface area contributed by atoms with Gasteiger partial charge in [-0.3, -0.25) is 4.79 Å². The zero-order valence-electron chi connectivity index (χ0n) is 9.50. The quantitative estimate of drug-likeness (QED) is 0.583. The average molecular weight is 214 g/mol. The molecular weight excluding hydrogens is 192 g/mol. The summed E-state index contributed by atoms with van der Waals surface area (Å²) < 4.78 is 5.44. The van der Waals surface area contributed by atoms with Gasteiger partial charge in [0.05, 0.1) is 0 Å². The summed E-state index contributed by atoms with van der Waals surface area (Å²) in [5.74, 6) is 0.852. The topological polar surface area (TPSA) is 64.4 Å². The highest BCUT2D eigenvalue weighted by molar-refractivity contribution is 5.76. The first-order chi connectivity index (χ1) is 7.18. The SMILES string of the molecule is CC(N)CC(=O)NCCCOCC1CC1. The van der Waals surface area contributed by atoms with E-state index >= 15 is 0 Å². The van der Waals surface area contributed by atoms with Gasteiger partial charge in [-0.1, -0.05) is 0 Å². The fraction of sp³-hybridized carbons (Fsp3) is 0.909. The molecule has 1 aliphatic rings. The molecule has 0 saturated heterocycles. The predicted octanol–water partition coefficient (Wildman–Crippen LogP) is 0.657. The highest BCUT2D eigenvalue weighted by Gasteiger charge is 2.20. The Balaban J connectivity index is 1.80. The molecule has 1 amide bonds. The van der Waals surface area contributed by atoms with E-state index in [4.69, 9.17) is 10.5 Å². The first-order valence-corrected chi connectivity index (χ1v) is 5.78. The molecular formula is C11H22N2O2. The van der Waals surface area contributed by atoms with Crippen molar-refractivity contribution in [2.75, 3.05) is 19.8 Å². The predicted molar refractivity (Wildman–Crippen MR) is 59.4 cm³/mol. The summed E-state index contributed by atoms with van der Waals surface area (Å²) >= 11 is 0. The summed E-state index contributed by atoms with van der Waals surface area (Å²) in [5, 5.41) is 2.82. The Kier molecular flexibility index (Phi) is 5.65. The van der Waals surface area contributed by atoms with Crippen molar-refractivity contribution in [3.8, 4) is 0 Å². The zero-order valence-corrected chi connectivity index (χ0v) is 9.50. The monoisotopic (exact) mass is 214 g/mol. The molecule has 1 fully saturated rings. The molecule has 0 aromatic rings. The minimum atomic E-state index is -0.0592. The van der Waals surface area contributed by atoms with Crippen molar-refractivity contribution in [1.82, 2.24) is 5.32 Å². The van der Waals surface area contributed by atoms with Crippen LogP contribution in [0, 0.1) is 5.92 Å². The van der Waals surface area contributed by atoms with Gasteiger partial charge in [0.1, 0.15) is 0 Å². The minimum Gasteiger partial charge on any atom is -0.381 e. The van der Waals surface area contributed by atoms with Crippen LogP contribution in [0.5, 0.6) is 0 Å². The number of carbonyl (C=O) groups is 1. The molecule has 0 bridgehead atoms. The molecule has 0 aromatic heterocycles. The van der Waals surface area contributed by atoms with Crippen LogP contribution < -0.4 is 11.1 Å². The fourth-order valence-electron chi connectivity index (χ4n) is 1.30. The Hall–Kier alpha value is -0.610. The van der Waals surface area contributed by atoms with Gasteiger partial charge in [0.15, 0.2) is 0 Å². The minimum absolute atomic E-state index is 0.0344. The van der Waals surface area contributed by atoms with Gasteiger partial charge < -0.3 is 15.8 Å². The molecule has 1 unspecified atom stereocenters. The number of ether oxygens (including phenoxy) is 1. The van der Waals surface area contributed by atoms with Crippen LogP contribution in [-0.2, 0) is 9.53 Å². The Morgan fingerprint density at radius 3 is 2.93 bits per heavy atom. The highest BCUT2D eigenvalue weighted by Crippen LogP contribution is 2.28. The first kappa shape index (κ1) is 12.5. The molecule has 1 aliphatic carbocycles. The van der Waals surface area contributed by atoms with E-state index in [9.17, 15) is 4.79 Å². The molecule has 0 spiro atoms. The maximum absolute atomic E-state index is 11.2. The van der Waals surface area contributed by atoms with Crippen molar-refractivity contribution in [3.05, 3.63) is 0 Å². The van der Waals surface area contributed by atoms with E-state index in [1.165, 1.54) is 12.8 Å². The molecule has 0 aromatic carbocycles. The molecule has 1 saturated carbocycles. The number of nitrogens with two attached hydrogens (primary N) is 1. The van der Waals surface area contributed by atoms with Gasteiger partial charge in [0.25, 0.3) is 0 Å². The van der Waals surface area contributed by atoms with Crippen molar-refractivity contribution < 1.29 is 9.53 Å². The molecule has 15 heavy (non-hydrogen) atoms. The van der Waals surface area contributed by atoms with Crippen molar-refractivity contribution in [3.63, 3.8) is 0 Å². The summed E-state index contributed by atoms with van der Waals surface area (Å²) in [5.41, 5.74) is 5.50. The lowest BCUT2D eigenvalue weighted by Gasteiger charge is -2.07. The molecule has 88 valence electrons. The standard InChI is InChI=1S/C11H22N2O2/c1-9(12)7-11(14)13-5-2-6-15-8-10-3-4-10/h9-10H,2-8,12H2,1H3,(H,13,14). The summed E-state index contributed by atoms with van der Waals surface area (Å²) in [4.78, 5) is 11.2. The van der Waals surface area contributed by atoms with Crippen LogP contribution in [0.4, 0.5) is 0 Å². The van der Waals surface area contributed by atoms with Crippen LogP contribution in [0.2, 0.25) is 0 Å². The Morgan fingerprint density at radius 1 is 1.60 bits per heavy atom. The van der Waals surface area contributed by atoms with E-state index < -0.39 is 0 Å².